The highest BCUT2D eigenvalue weighted by Gasteiger charge is 2.24. The summed E-state index contributed by atoms with van der Waals surface area (Å²) in [5.41, 5.74) is 23.1. The molecule has 9 heteroatoms. The van der Waals surface area contributed by atoms with Crippen LogP contribution in [0.4, 0.5) is 5.69 Å². The summed E-state index contributed by atoms with van der Waals surface area (Å²) in [5, 5.41) is 0. The van der Waals surface area contributed by atoms with Gasteiger partial charge in [-0.2, -0.15) is 0 Å². The van der Waals surface area contributed by atoms with Gasteiger partial charge in [-0.1, -0.05) is 42.5 Å². The van der Waals surface area contributed by atoms with E-state index in [0.29, 0.717) is 52.9 Å². The molecule has 3 aliphatic rings. The number of nitrogens with one attached hydrogen (secondary N) is 2. The molecule has 1 fully saturated rings. The van der Waals surface area contributed by atoms with E-state index in [4.69, 9.17) is 28.9 Å². The molecule has 59 heavy (non-hydrogen) atoms. The average molecular weight is 792 g/mol. The monoisotopic (exact) mass is 791 g/mol. The quantitative estimate of drug-likeness (QED) is 0.188. The minimum atomic E-state index is 0.556. The fourth-order valence-corrected chi connectivity index (χ4v) is 8.29. The molecule has 3 aliphatic heterocycles. The van der Waals surface area contributed by atoms with Gasteiger partial charge in [0, 0.05) is 40.9 Å². The van der Waals surface area contributed by atoms with Crippen LogP contribution in [0.3, 0.4) is 0 Å². The number of hydrogen-bond acceptors (Lipinski definition) is 7. The number of anilines is 1. The summed E-state index contributed by atoms with van der Waals surface area (Å²) in [5.74, 6) is 0. The van der Waals surface area contributed by atoms with Gasteiger partial charge in [-0.3, -0.25) is 0 Å². The van der Waals surface area contributed by atoms with Crippen molar-refractivity contribution in [2.24, 2.45) is 0 Å². The second-order valence-corrected chi connectivity index (χ2v) is 15.9. The zero-order valence-electron chi connectivity index (χ0n) is 35.9. The zero-order valence-corrected chi connectivity index (χ0v) is 35.9. The average Bonchev–Trinajstić information content (AvgIpc) is 3.88. The van der Waals surface area contributed by atoms with Crippen LogP contribution in [0, 0.1) is 27.7 Å². The molecule has 306 valence electrons. The van der Waals surface area contributed by atoms with Crippen molar-refractivity contribution in [2.45, 2.75) is 55.4 Å². The third-order valence-corrected chi connectivity index (χ3v) is 12.5. The predicted octanol–water partition coefficient (Wildman–Crippen LogP) is 10.7. The first-order chi connectivity index (χ1) is 28.6. The molecule has 0 radical (unpaired) electrons. The highest BCUT2D eigenvalue weighted by Crippen LogP contribution is 2.42. The first-order valence-corrected chi connectivity index (χ1v) is 20.9. The van der Waals surface area contributed by atoms with Crippen LogP contribution in [-0.4, -0.2) is 85.9 Å². The number of H-pyrrole nitrogens is 2. The Bertz CT molecular complexity index is 2580. The zero-order chi connectivity index (χ0) is 41.2. The Morgan fingerprint density at radius 1 is 0.458 bits per heavy atom. The van der Waals surface area contributed by atoms with Crippen LogP contribution in [0.5, 0.6) is 0 Å². The van der Waals surface area contributed by atoms with E-state index in [9.17, 15) is 0 Å². The number of nitrogens with zero attached hydrogens (tertiary/aromatic N) is 3. The number of aromatic amines is 2. The normalized spacial score (nSPS) is 16.4. The third kappa shape index (κ3) is 8.05. The van der Waals surface area contributed by atoms with Crippen molar-refractivity contribution >= 4 is 50.0 Å². The molecule has 0 saturated carbocycles. The Hall–Kier alpha value is -5.32. The summed E-state index contributed by atoms with van der Waals surface area (Å²) >= 11 is 0. The molecule has 3 aromatic heterocycles. The van der Waals surface area contributed by atoms with E-state index in [2.05, 4.69) is 137 Å². The second-order valence-electron chi connectivity index (χ2n) is 15.9. The lowest BCUT2D eigenvalue weighted by molar-refractivity contribution is 0.00206. The van der Waals surface area contributed by atoms with Crippen LogP contribution >= 0.6 is 0 Å². The molecule has 0 aliphatic carbocycles. The maximum atomic E-state index is 5.95. The van der Waals surface area contributed by atoms with Gasteiger partial charge in [0.15, 0.2) is 0 Å². The number of ether oxygens (including phenoxy) is 4. The van der Waals surface area contributed by atoms with Crippen LogP contribution in [0.1, 0.15) is 72.7 Å². The lowest BCUT2D eigenvalue weighted by atomic mass is 9.96. The van der Waals surface area contributed by atoms with Gasteiger partial charge in [-0.15, -0.1) is 0 Å². The number of benzene rings is 2. The third-order valence-electron chi connectivity index (χ3n) is 12.5. The number of hydrogen-bond donors (Lipinski definition) is 2. The van der Waals surface area contributed by atoms with E-state index in [0.717, 1.165) is 97.0 Å². The van der Waals surface area contributed by atoms with Crippen molar-refractivity contribution in [2.75, 3.05) is 70.8 Å². The molecule has 8 bridgehead atoms. The SMILES string of the molecule is CC1=C(C)c2nc1cc1[nH]c(c(C)c1C)c(-c1ccccc1)c1nc(cc3[nH]c(c(C)c3C)c2-c2ccc(N3CCOCCOCCOCCOCC3)cc2)C(C)=C1C. The van der Waals surface area contributed by atoms with Crippen LogP contribution in [0.25, 0.3) is 66.6 Å². The predicted molar refractivity (Wildman–Crippen MR) is 243 cm³/mol. The molecule has 1 saturated heterocycles. The molecule has 6 heterocycles. The fourth-order valence-electron chi connectivity index (χ4n) is 8.29. The standard InChI is InChI=1S/C50H57N5O4/c1-30-34(5)47-45(38-12-10-9-11-13-38)48-35(6)31(2)42(52-48)29-44-33(4)37(8)50(54-44)46(49-36(7)32(3)43(53-49)28-41(30)51-47)39-14-16-40(17-15-39)55-18-20-56-22-24-58-26-27-59-25-23-57-21-19-55/h9-17,28-29,51,54H,18-27H2,1-8H3. The number of aryl methyl sites for hydroxylation is 4. The van der Waals surface area contributed by atoms with Crippen LogP contribution < -0.4 is 4.90 Å². The lowest BCUT2D eigenvalue weighted by Crippen LogP contribution is -2.31. The molecule has 0 spiro atoms. The number of allylic oxidation sites excluding steroid dienone is 4. The topological polar surface area (TPSA) is 97.5 Å². The summed E-state index contributed by atoms with van der Waals surface area (Å²) in [6.45, 7) is 23.7. The Labute approximate surface area is 348 Å². The first kappa shape index (κ1) is 40.5. The summed E-state index contributed by atoms with van der Waals surface area (Å²) in [6, 6.07) is 24.0. The number of fused-ring (bicyclic) bond motifs is 8. The van der Waals surface area contributed by atoms with Crippen LogP contribution in [0.15, 0.2) is 66.7 Å². The van der Waals surface area contributed by atoms with Gasteiger partial charge in [0.05, 0.1) is 86.7 Å². The van der Waals surface area contributed by atoms with Gasteiger partial charge < -0.3 is 33.8 Å². The van der Waals surface area contributed by atoms with Crippen molar-refractivity contribution in [1.82, 2.24) is 19.9 Å². The molecule has 2 aromatic carbocycles. The summed E-state index contributed by atoms with van der Waals surface area (Å²) in [7, 11) is 0. The van der Waals surface area contributed by atoms with Gasteiger partial charge in [-0.25, -0.2) is 9.97 Å². The van der Waals surface area contributed by atoms with Gasteiger partial charge in [0.25, 0.3) is 0 Å². The molecule has 5 aromatic rings. The Kier molecular flexibility index (Phi) is 12.0. The lowest BCUT2D eigenvalue weighted by Gasteiger charge is -2.25. The fraction of sp³-hybridized carbons (Fsp3) is 0.360. The molecular formula is C50H57N5O4. The second kappa shape index (κ2) is 17.5. The molecule has 0 unspecified atom stereocenters. The van der Waals surface area contributed by atoms with Crippen LogP contribution in [-0.2, 0) is 18.9 Å². The largest absolute Gasteiger partial charge is 0.377 e. The maximum absolute atomic E-state index is 5.95. The molecule has 2 N–H and O–H groups in total. The van der Waals surface area contributed by atoms with Crippen molar-refractivity contribution in [1.29, 1.82) is 0 Å². The minimum absolute atomic E-state index is 0.556. The highest BCUT2D eigenvalue weighted by molar-refractivity contribution is 6.03. The van der Waals surface area contributed by atoms with Gasteiger partial charge >= 0.3 is 0 Å². The highest BCUT2D eigenvalue weighted by atomic mass is 16.6. The summed E-state index contributed by atoms with van der Waals surface area (Å²) in [4.78, 5) is 21.0. The van der Waals surface area contributed by atoms with Gasteiger partial charge in [0.1, 0.15) is 0 Å². The number of aromatic nitrogens is 4. The van der Waals surface area contributed by atoms with E-state index in [1.54, 1.807) is 0 Å². The Balaban J connectivity index is 1.33. The summed E-state index contributed by atoms with van der Waals surface area (Å²) < 4.78 is 23.2. The van der Waals surface area contributed by atoms with Crippen molar-refractivity contribution in [3.63, 3.8) is 0 Å². The molecular weight excluding hydrogens is 735 g/mol. The summed E-state index contributed by atoms with van der Waals surface area (Å²) in [6.07, 6.45) is 0. The van der Waals surface area contributed by atoms with Gasteiger partial charge in [-0.05, 0) is 135 Å². The first-order valence-electron chi connectivity index (χ1n) is 20.9. The molecule has 0 amide bonds. The van der Waals surface area contributed by atoms with Crippen molar-refractivity contribution in [3.8, 4) is 22.3 Å². The van der Waals surface area contributed by atoms with E-state index < -0.39 is 0 Å². The van der Waals surface area contributed by atoms with E-state index in [1.807, 2.05) is 0 Å². The minimum Gasteiger partial charge on any atom is -0.377 e. The van der Waals surface area contributed by atoms with Crippen molar-refractivity contribution < 1.29 is 18.9 Å². The van der Waals surface area contributed by atoms with E-state index in [1.165, 1.54) is 33.4 Å². The molecule has 8 rings (SSSR count). The van der Waals surface area contributed by atoms with Gasteiger partial charge in [0.2, 0.25) is 0 Å². The number of rotatable bonds is 3. The Morgan fingerprint density at radius 2 is 0.864 bits per heavy atom. The van der Waals surface area contributed by atoms with Crippen molar-refractivity contribution in [3.05, 3.63) is 112 Å². The van der Waals surface area contributed by atoms with Crippen LogP contribution in [0.2, 0.25) is 0 Å². The maximum Gasteiger partial charge on any atom is 0.0768 e. The Morgan fingerprint density at radius 3 is 1.31 bits per heavy atom. The van der Waals surface area contributed by atoms with E-state index in [-0.39, 0.29) is 0 Å². The van der Waals surface area contributed by atoms with E-state index >= 15 is 0 Å². The molecule has 9 nitrogen and oxygen atoms in total. The molecule has 0 atom stereocenters. The smallest absolute Gasteiger partial charge is 0.0768 e.